The number of unbranched alkanes of at least 4 members (excludes halogenated alkanes) is 2. The molecule has 13 heavy (non-hydrogen) atoms. The number of primary amides is 1. The second-order valence-electron chi connectivity index (χ2n) is 3.36. The van der Waals surface area contributed by atoms with Crippen molar-refractivity contribution in [2.75, 3.05) is 13.1 Å². The normalized spacial score (nSPS) is 21.9. The minimum Gasteiger partial charge on any atom is -0.368 e. The lowest BCUT2D eigenvalue weighted by atomic mass is 10.0. The van der Waals surface area contributed by atoms with Crippen molar-refractivity contribution in [1.29, 1.82) is 5.26 Å². The molecule has 0 spiro atoms. The average molecular weight is 181 g/mol. The molecule has 0 saturated carbocycles. The maximum Gasteiger partial charge on any atom is 0.234 e. The molecule has 0 aromatic heterocycles. The molecule has 4 heteroatoms. The van der Waals surface area contributed by atoms with E-state index in [1.54, 1.807) is 0 Å². The molecule has 1 amide bonds. The predicted molar refractivity (Wildman–Crippen MR) is 48.6 cm³/mol. The minimum atomic E-state index is -0.216. The second-order valence-corrected chi connectivity index (χ2v) is 3.36. The molecular weight excluding hydrogens is 166 g/mol. The zero-order chi connectivity index (χ0) is 9.68. The lowest BCUT2D eigenvalue weighted by Gasteiger charge is -2.38. The van der Waals surface area contributed by atoms with Crippen LogP contribution in [-0.4, -0.2) is 29.9 Å². The Bertz CT molecular complexity index is 221. The third kappa shape index (κ3) is 2.71. The molecule has 0 aliphatic carbocycles. The van der Waals surface area contributed by atoms with Crippen LogP contribution >= 0.6 is 0 Å². The van der Waals surface area contributed by atoms with Gasteiger partial charge in [0.25, 0.3) is 0 Å². The number of likely N-dealkylation sites (tertiary alicyclic amines) is 1. The van der Waals surface area contributed by atoms with Crippen molar-refractivity contribution in [1.82, 2.24) is 4.90 Å². The van der Waals surface area contributed by atoms with Gasteiger partial charge in [-0.05, 0) is 25.8 Å². The van der Waals surface area contributed by atoms with E-state index in [0.29, 0.717) is 6.42 Å². The van der Waals surface area contributed by atoms with Crippen LogP contribution in [0.4, 0.5) is 0 Å². The summed E-state index contributed by atoms with van der Waals surface area (Å²) in [7, 11) is 0. The average Bonchev–Trinajstić information content (AvgIpc) is 2.01. The number of nitriles is 1. The Morgan fingerprint density at radius 2 is 2.38 bits per heavy atom. The third-order valence-electron chi connectivity index (χ3n) is 2.44. The predicted octanol–water partition coefficient (Wildman–Crippen LogP) is 0.240. The zero-order valence-corrected chi connectivity index (χ0v) is 7.70. The summed E-state index contributed by atoms with van der Waals surface area (Å²) in [5.74, 6) is -0.216. The molecule has 72 valence electrons. The molecule has 1 unspecified atom stereocenters. The van der Waals surface area contributed by atoms with Gasteiger partial charge in [-0.25, -0.2) is 0 Å². The lowest BCUT2D eigenvalue weighted by molar-refractivity contribution is -0.127. The summed E-state index contributed by atoms with van der Waals surface area (Å²) in [6, 6.07) is 2.06. The minimum absolute atomic E-state index is 0.0397. The summed E-state index contributed by atoms with van der Waals surface area (Å²) >= 11 is 0. The Morgan fingerprint density at radius 1 is 1.62 bits per heavy atom. The van der Waals surface area contributed by atoms with Crippen molar-refractivity contribution in [3.63, 3.8) is 0 Å². The maximum absolute atomic E-state index is 10.8. The van der Waals surface area contributed by atoms with Crippen LogP contribution in [0.3, 0.4) is 0 Å². The number of rotatable bonds is 5. The molecule has 4 nitrogen and oxygen atoms in total. The van der Waals surface area contributed by atoms with Gasteiger partial charge in [0.05, 0.1) is 12.1 Å². The van der Waals surface area contributed by atoms with Gasteiger partial charge < -0.3 is 5.73 Å². The molecule has 2 N–H and O–H groups in total. The van der Waals surface area contributed by atoms with Gasteiger partial charge >= 0.3 is 0 Å². The molecule has 1 aliphatic heterocycles. The van der Waals surface area contributed by atoms with Gasteiger partial charge in [0.15, 0.2) is 0 Å². The highest BCUT2D eigenvalue weighted by atomic mass is 16.1. The first-order valence-corrected chi connectivity index (χ1v) is 4.66. The summed E-state index contributed by atoms with van der Waals surface area (Å²) in [5, 5.41) is 8.31. The number of amides is 1. The fourth-order valence-electron chi connectivity index (χ4n) is 1.55. The van der Waals surface area contributed by atoms with E-state index in [2.05, 4.69) is 11.0 Å². The number of carbonyl (C=O) groups is 1. The fourth-order valence-corrected chi connectivity index (χ4v) is 1.55. The number of nitrogens with two attached hydrogens (primary N) is 1. The van der Waals surface area contributed by atoms with Crippen LogP contribution in [0.5, 0.6) is 0 Å². The van der Waals surface area contributed by atoms with E-state index in [-0.39, 0.29) is 11.9 Å². The van der Waals surface area contributed by atoms with Gasteiger partial charge in [-0.3, -0.25) is 9.69 Å². The number of carbonyl (C=O) groups excluding carboxylic acids is 1. The van der Waals surface area contributed by atoms with Crippen LogP contribution in [-0.2, 0) is 4.79 Å². The number of nitrogens with zero attached hydrogens (tertiary/aromatic N) is 2. The van der Waals surface area contributed by atoms with Crippen molar-refractivity contribution in [3.8, 4) is 6.07 Å². The third-order valence-corrected chi connectivity index (χ3v) is 2.44. The Morgan fingerprint density at radius 3 is 2.85 bits per heavy atom. The van der Waals surface area contributed by atoms with Crippen LogP contribution in [0.1, 0.15) is 25.7 Å². The van der Waals surface area contributed by atoms with Crippen LogP contribution in [0.25, 0.3) is 0 Å². The first-order valence-electron chi connectivity index (χ1n) is 4.66. The molecule has 1 rings (SSSR count). The molecule has 1 atom stereocenters. The number of hydrogen-bond acceptors (Lipinski definition) is 3. The van der Waals surface area contributed by atoms with Crippen LogP contribution in [0.2, 0.25) is 0 Å². The Balaban J connectivity index is 2.09. The molecule has 1 fully saturated rings. The molecule has 1 aliphatic rings. The summed E-state index contributed by atoms with van der Waals surface area (Å²) < 4.78 is 0. The highest BCUT2D eigenvalue weighted by molar-refractivity contribution is 5.80. The van der Waals surface area contributed by atoms with Crippen molar-refractivity contribution in [2.24, 2.45) is 5.73 Å². The van der Waals surface area contributed by atoms with Crippen LogP contribution in [0.15, 0.2) is 0 Å². The molecule has 0 radical (unpaired) electrons. The number of hydrogen-bond donors (Lipinski definition) is 1. The molecule has 1 saturated heterocycles. The standard InChI is InChI=1S/C9H15N3O/c10-5-2-1-3-6-12-7-4-8(12)9(11)13/h8H,1-4,6-7H2,(H2,11,13). The first kappa shape index (κ1) is 10.0. The highest BCUT2D eigenvalue weighted by Crippen LogP contribution is 2.17. The first-order chi connectivity index (χ1) is 6.25. The SMILES string of the molecule is N#CCCCCN1CCC1C(N)=O. The van der Waals surface area contributed by atoms with Crippen molar-refractivity contribution >= 4 is 5.91 Å². The maximum atomic E-state index is 10.8. The second kappa shape index (κ2) is 4.83. The van der Waals surface area contributed by atoms with Crippen molar-refractivity contribution in [3.05, 3.63) is 0 Å². The molecule has 0 bridgehead atoms. The van der Waals surface area contributed by atoms with Crippen molar-refractivity contribution in [2.45, 2.75) is 31.7 Å². The summed E-state index contributed by atoms with van der Waals surface area (Å²) in [6.07, 6.45) is 3.40. The van der Waals surface area contributed by atoms with E-state index >= 15 is 0 Å². The molecular formula is C9H15N3O. The fraction of sp³-hybridized carbons (Fsp3) is 0.778. The summed E-state index contributed by atoms with van der Waals surface area (Å²) in [6.45, 7) is 1.87. The topological polar surface area (TPSA) is 70.1 Å². The van der Waals surface area contributed by atoms with Gasteiger partial charge in [0.1, 0.15) is 0 Å². The van der Waals surface area contributed by atoms with E-state index < -0.39 is 0 Å². The van der Waals surface area contributed by atoms with E-state index in [4.69, 9.17) is 11.0 Å². The van der Waals surface area contributed by atoms with Crippen LogP contribution in [0, 0.1) is 11.3 Å². The van der Waals surface area contributed by atoms with Gasteiger partial charge in [0.2, 0.25) is 5.91 Å². The van der Waals surface area contributed by atoms with Gasteiger partial charge in [-0.2, -0.15) is 5.26 Å². The Kier molecular flexibility index (Phi) is 3.71. The largest absolute Gasteiger partial charge is 0.368 e. The molecule has 1 heterocycles. The van der Waals surface area contributed by atoms with Gasteiger partial charge in [-0.15, -0.1) is 0 Å². The summed E-state index contributed by atoms with van der Waals surface area (Å²) in [4.78, 5) is 12.9. The monoisotopic (exact) mass is 181 g/mol. The molecule has 0 aromatic carbocycles. The quantitative estimate of drug-likeness (QED) is 0.617. The highest BCUT2D eigenvalue weighted by Gasteiger charge is 2.31. The van der Waals surface area contributed by atoms with Gasteiger partial charge in [-0.1, -0.05) is 0 Å². The van der Waals surface area contributed by atoms with E-state index in [9.17, 15) is 4.79 Å². The Labute approximate surface area is 78.3 Å². The molecule has 0 aromatic rings. The van der Waals surface area contributed by atoms with E-state index in [1.807, 2.05) is 0 Å². The van der Waals surface area contributed by atoms with Crippen LogP contribution < -0.4 is 5.73 Å². The van der Waals surface area contributed by atoms with Gasteiger partial charge in [0, 0.05) is 13.0 Å². The van der Waals surface area contributed by atoms with E-state index in [0.717, 1.165) is 32.4 Å². The van der Waals surface area contributed by atoms with Crippen molar-refractivity contribution < 1.29 is 4.79 Å². The van der Waals surface area contributed by atoms with E-state index in [1.165, 1.54) is 0 Å². The summed E-state index contributed by atoms with van der Waals surface area (Å²) in [5.41, 5.74) is 5.19. The smallest absolute Gasteiger partial charge is 0.234 e. The zero-order valence-electron chi connectivity index (χ0n) is 7.70. The Hall–Kier alpha value is -1.08. The lowest BCUT2D eigenvalue weighted by Crippen LogP contribution is -2.54.